The Labute approximate surface area is 297 Å². The van der Waals surface area contributed by atoms with Crippen LogP contribution in [-0.2, 0) is 36.4 Å². The number of hydrogen-bond donors (Lipinski definition) is 2. The minimum Gasteiger partial charge on any atom is -0.496 e. The predicted molar refractivity (Wildman–Crippen MR) is 175 cm³/mol. The first kappa shape index (κ1) is 40.4. The van der Waals surface area contributed by atoms with Crippen molar-refractivity contribution < 1.29 is 58.9 Å². The number of nitrogens with one attached hydrogen (secondary N) is 1. The molecule has 284 valence electrons. The maximum Gasteiger partial charge on any atom is 0.416 e. The highest BCUT2D eigenvalue weighted by Gasteiger charge is 2.37. The Kier molecular flexibility index (Phi) is 12.3. The summed E-state index contributed by atoms with van der Waals surface area (Å²) in [5.41, 5.74) is -3.58. The topological polar surface area (TPSA) is 105 Å². The smallest absolute Gasteiger partial charge is 0.416 e. The van der Waals surface area contributed by atoms with Crippen LogP contribution < -0.4 is 15.0 Å². The van der Waals surface area contributed by atoms with Crippen LogP contribution >= 0.6 is 0 Å². The van der Waals surface area contributed by atoms with E-state index in [-0.39, 0.29) is 59.8 Å². The first-order valence-electron chi connectivity index (χ1n) is 15.9. The Balaban J connectivity index is 1.87. The van der Waals surface area contributed by atoms with Crippen LogP contribution in [0.2, 0.25) is 0 Å². The Hall–Kier alpha value is -5.35. The predicted octanol–water partition coefficient (Wildman–Crippen LogP) is 9.13. The number of benzene rings is 3. The van der Waals surface area contributed by atoms with Gasteiger partial charge in [-0.3, -0.25) is 9.59 Å². The van der Waals surface area contributed by atoms with E-state index in [9.17, 15) is 49.1 Å². The van der Waals surface area contributed by atoms with Crippen LogP contribution in [0.4, 0.5) is 45.5 Å². The van der Waals surface area contributed by atoms with E-state index in [1.807, 2.05) is 13.8 Å². The second-order valence-electron chi connectivity index (χ2n) is 12.3. The van der Waals surface area contributed by atoms with Gasteiger partial charge in [-0.25, -0.2) is 9.97 Å². The van der Waals surface area contributed by atoms with Gasteiger partial charge in [0.15, 0.2) is 0 Å². The van der Waals surface area contributed by atoms with Gasteiger partial charge in [0.25, 0.3) is 5.91 Å². The van der Waals surface area contributed by atoms with Crippen molar-refractivity contribution in [2.24, 2.45) is 0 Å². The monoisotopic (exact) mass is 756 g/mol. The average Bonchev–Trinajstić information content (AvgIpc) is 3.08. The zero-order chi connectivity index (χ0) is 39.3. The number of rotatable bonds is 13. The van der Waals surface area contributed by atoms with Crippen molar-refractivity contribution in [2.45, 2.75) is 64.2 Å². The molecule has 4 aromatic rings. The molecule has 17 heteroatoms. The number of hydrogen-bond acceptors (Lipinski definition) is 6. The number of anilines is 1. The summed E-state index contributed by atoms with van der Waals surface area (Å²) in [5.74, 6) is -1.86. The summed E-state index contributed by atoms with van der Waals surface area (Å²) in [4.78, 5) is 32.6. The van der Waals surface area contributed by atoms with Gasteiger partial charge in [0.05, 0.1) is 29.4 Å². The van der Waals surface area contributed by atoms with Crippen LogP contribution in [0.5, 0.6) is 5.75 Å². The third-order valence-corrected chi connectivity index (χ3v) is 8.03. The fourth-order valence-corrected chi connectivity index (χ4v) is 5.34. The molecule has 0 spiro atoms. The number of amides is 1. The molecule has 0 aliphatic heterocycles. The number of aliphatic carboxylic acids is 1. The molecule has 0 saturated heterocycles. The number of methoxy groups -OCH3 is 1. The second-order valence-corrected chi connectivity index (χ2v) is 12.3. The quantitative estimate of drug-likeness (QED) is 0.104. The zero-order valence-electron chi connectivity index (χ0n) is 28.4. The third-order valence-electron chi connectivity index (χ3n) is 8.03. The van der Waals surface area contributed by atoms with E-state index < -0.39 is 65.7 Å². The molecule has 0 aliphatic rings. The molecule has 0 atom stereocenters. The highest BCUT2D eigenvalue weighted by Crippen LogP contribution is 2.40. The Bertz CT molecular complexity index is 1890. The van der Waals surface area contributed by atoms with Crippen LogP contribution in [0, 0.1) is 0 Å². The van der Waals surface area contributed by atoms with Gasteiger partial charge in [-0.15, -0.1) is 0 Å². The van der Waals surface area contributed by atoms with E-state index in [0.29, 0.717) is 17.7 Å². The van der Waals surface area contributed by atoms with Gasteiger partial charge in [-0.1, -0.05) is 26.0 Å². The molecule has 0 unspecified atom stereocenters. The Morgan fingerprint density at radius 3 is 1.92 bits per heavy atom. The number of carbonyl (C=O) groups excluding carboxylic acids is 1. The van der Waals surface area contributed by atoms with Gasteiger partial charge >= 0.3 is 24.5 Å². The van der Waals surface area contributed by atoms with E-state index in [4.69, 9.17) is 9.84 Å². The summed E-state index contributed by atoms with van der Waals surface area (Å²) in [6.07, 6.45) is -13.3. The lowest BCUT2D eigenvalue weighted by Crippen LogP contribution is -2.27. The lowest BCUT2D eigenvalue weighted by Gasteiger charge is -2.26. The Morgan fingerprint density at radius 2 is 1.40 bits per heavy atom. The van der Waals surface area contributed by atoms with Crippen molar-refractivity contribution in [2.75, 3.05) is 18.6 Å². The van der Waals surface area contributed by atoms with E-state index in [1.165, 1.54) is 13.2 Å². The summed E-state index contributed by atoms with van der Waals surface area (Å²) in [6.45, 7) is 2.46. The summed E-state index contributed by atoms with van der Waals surface area (Å²) in [7, 11) is 1.35. The van der Waals surface area contributed by atoms with Crippen LogP contribution in [0.15, 0.2) is 67.0 Å². The lowest BCUT2D eigenvalue weighted by atomic mass is 9.92. The molecule has 0 bridgehead atoms. The number of carbonyl (C=O) groups is 2. The number of alkyl halides is 9. The molecule has 53 heavy (non-hydrogen) atoms. The maximum atomic E-state index is 14.1. The van der Waals surface area contributed by atoms with Gasteiger partial charge in [-0.05, 0) is 77.1 Å². The number of carboxylic acid groups (broad SMARTS) is 1. The van der Waals surface area contributed by atoms with Crippen molar-refractivity contribution in [3.05, 3.63) is 106 Å². The molecule has 8 nitrogen and oxygen atoms in total. The molecule has 2 N–H and O–H groups in total. The van der Waals surface area contributed by atoms with Gasteiger partial charge in [0, 0.05) is 44.0 Å². The van der Waals surface area contributed by atoms with Gasteiger partial charge < -0.3 is 20.1 Å². The summed E-state index contributed by atoms with van der Waals surface area (Å²) in [5, 5.41) is 11.3. The lowest BCUT2D eigenvalue weighted by molar-refractivity contribution is -0.143. The zero-order valence-corrected chi connectivity index (χ0v) is 28.4. The Morgan fingerprint density at radius 1 is 0.792 bits per heavy atom. The van der Waals surface area contributed by atoms with Crippen molar-refractivity contribution >= 4 is 17.8 Å². The first-order chi connectivity index (χ1) is 24.7. The van der Waals surface area contributed by atoms with Gasteiger partial charge in [0.2, 0.25) is 5.95 Å². The van der Waals surface area contributed by atoms with Gasteiger partial charge in [0.1, 0.15) is 5.75 Å². The first-order valence-corrected chi connectivity index (χ1v) is 15.9. The molecular formula is C36H33F9N4O4. The van der Waals surface area contributed by atoms with Crippen LogP contribution in [0.25, 0.3) is 11.1 Å². The minimum atomic E-state index is -5.18. The summed E-state index contributed by atoms with van der Waals surface area (Å²) >= 11 is 0. The second kappa shape index (κ2) is 16.1. The van der Waals surface area contributed by atoms with Crippen LogP contribution in [0.1, 0.15) is 76.3 Å². The molecule has 4 rings (SSSR count). The summed E-state index contributed by atoms with van der Waals surface area (Å²) < 4.78 is 130. The molecule has 0 saturated carbocycles. The number of ether oxygens (including phenoxy) is 1. The van der Waals surface area contributed by atoms with Gasteiger partial charge in [-0.2, -0.15) is 39.5 Å². The molecule has 0 fully saturated rings. The summed E-state index contributed by atoms with van der Waals surface area (Å²) in [6, 6.07) is 8.89. The van der Waals surface area contributed by atoms with E-state index in [2.05, 4.69) is 15.3 Å². The normalized spacial score (nSPS) is 12.2. The number of halogens is 9. The highest BCUT2D eigenvalue weighted by molar-refractivity contribution is 5.93. The fraction of sp³-hybridized carbons (Fsp3) is 0.333. The molecule has 3 aromatic carbocycles. The number of carboxylic acids is 1. The SMILES string of the molecule is COc1ccc(C(C)C)cc1-c1ccc(C(F)(F)F)cc1CN(Cc1cc(C(F)(F)F)cc(C(F)(F)F)c1)c1ncc(C(=O)NCCCC(=O)O)cn1. The molecule has 1 heterocycles. The molecule has 1 aromatic heterocycles. The highest BCUT2D eigenvalue weighted by atomic mass is 19.4. The van der Waals surface area contributed by atoms with E-state index in [0.717, 1.165) is 35.0 Å². The molecule has 0 aliphatic carbocycles. The van der Waals surface area contributed by atoms with Crippen LogP contribution in [0.3, 0.4) is 0 Å². The molecule has 1 amide bonds. The molecule has 0 radical (unpaired) electrons. The molecular weight excluding hydrogens is 723 g/mol. The standard InChI is InChI=1S/C36H33F9N4O4/c1-20(2)22-6-9-30(53-3)29(14-22)28-8-7-25(34(37,38)39)13-23(28)19-49(18-21-11-26(35(40,41)42)15-27(12-21)36(43,44)45)33-47-16-24(17-48-33)32(52)46-10-4-5-31(50)51/h6-9,11-17,20H,4-5,10,18-19H2,1-3H3,(H,46,52)(H,50,51). The van der Waals surface area contributed by atoms with Crippen molar-refractivity contribution in [3.8, 4) is 16.9 Å². The van der Waals surface area contributed by atoms with Crippen molar-refractivity contribution in [3.63, 3.8) is 0 Å². The maximum absolute atomic E-state index is 14.1. The van der Waals surface area contributed by atoms with Crippen LogP contribution in [-0.4, -0.2) is 40.6 Å². The fourth-order valence-electron chi connectivity index (χ4n) is 5.34. The van der Waals surface area contributed by atoms with E-state index >= 15 is 0 Å². The van der Waals surface area contributed by atoms with Crippen molar-refractivity contribution in [1.29, 1.82) is 0 Å². The average molecular weight is 757 g/mol. The minimum absolute atomic E-state index is 0.0147. The largest absolute Gasteiger partial charge is 0.496 e. The van der Waals surface area contributed by atoms with E-state index in [1.54, 1.807) is 18.2 Å². The number of nitrogens with zero attached hydrogens (tertiary/aromatic N) is 3. The van der Waals surface area contributed by atoms with Crippen molar-refractivity contribution in [1.82, 2.24) is 15.3 Å². The number of aromatic nitrogens is 2. The third kappa shape index (κ3) is 10.6.